The number of aliphatic hydroxyl groups excluding tert-OH is 1. The Morgan fingerprint density at radius 3 is 2.54 bits per heavy atom. The van der Waals surface area contributed by atoms with Gasteiger partial charge in [-0.25, -0.2) is 0 Å². The zero-order valence-electron chi connectivity index (χ0n) is 16.0. The Morgan fingerprint density at radius 2 is 1.85 bits per heavy atom. The summed E-state index contributed by atoms with van der Waals surface area (Å²) in [6.07, 6.45) is 3.77. The lowest BCUT2D eigenvalue weighted by atomic mass is 9.46. The monoisotopic (exact) mass is 365 g/mol. The standard InChI is InChI=1S/C20H31NO5/c1-11-10-20-15-5-4-7-21(20)8-6-16(24)18(20)14(19(11)26-13(3)23)9-17(15)25-12(2)22/h11,14-19,24H,4-10H2,1-3H3/t11-,14-,15+,16-,17+,18-,19+,20-/m0/s1. The van der Waals surface area contributed by atoms with Gasteiger partial charge in [0.2, 0.25) is 0 Å². The van der Waals surface area contributed by atoms with Gasteiger partial charge in [-0.2, -0.15) is 0 Å². The van der Waals surface area contributed by atoms with Crippen molar-refractivity contribution < 1.29 is 24.2 Å². The topological polar surface area (TPSA) is 76.1 Å². The van der Waals surface area contributed by atoms with Crippen molar-refractivity contribution in [2.24, 2.45) is 23.7 Å². The lowest BCUT2D eigenvalue weighted by Crippen LogP contribution is -2.77. The maximum atomic E-state index is 11.8. The van der Waals surface area contributed by atoms with Crippen molar-refractivity contribution in [1.29, 1.82) is 0 Å². The second kappa shape index (κ2) is 6.48. The van der Waals surface area contributed by atoms with Crippen LogP contribution < -0.4 is 0 Å². The molecule has 4 fully saturated rings. The third-order valence-corrected chi connectivity index (χ3v) is 7.53. The molecule has 2 bridgehead atoms. The number of esters is 2. The van der Waals surface area contributed by atoms with Crippen LogP contribution in [0, 0.1) is 23.7 Å². The average Bonchev–Trinajstić information content (AvgIpc) is 2.55. The SMILES string of the molecule is CC(=O)O[C@H]1[C@H]2C[C@@H](OC(C)=O)[C@H]3CCCN4CC[C@H](O)[C@H]2[C@]34C[C@@H]1C. The summed E-state index contributed by atoms with van der Waals surface area (Å²) in [6, 6.07) is 0. The van der Waals surface area contributed by atoms with Gasteiger partial charge >= 0.3 is 11.9 Å². The molecule has 2 saturated heterocycles. The molecule has 0 radical (unpaired) electrons. The summed E-state index contributed by atoms with van der Waals surface area (Å²) >= 11 is 0. The Labute approximate surface area is 155 Å². The van der Waals surface area contributed by atoms with Crippen LogP contribution in [0.5, 0.6) is 0 Å². The molecule has 0 amide bonds. The summed E-state index contributed by atoms with van der Waals surface area (Å²) in [6.45, 7) is 7.05. The van der Waals surface area contributed by atoms with Gasteiger partial charge in [0.1, 0.15) is 12.2 Å². The lowest BCUT2D eigenvalue weighted by molar-refractivity contribution is -0.255. The maximum Gasteiger partial charge on any atom is 0.302 e. The van der Waals surface area contributed by atoms with Gasteiger partial charge < -0.3 is 14.6 Å². The van der Waals surface area contributed by atoms with E-state index >= 15 is 0 Å². The van der Waals surface area contributed by atoms with Crippen LogP contribution in [-0.2, 0) is 19.1 Å². The Balaban J connectivity index is 1.78. The van der Waals surface area contributed by atoms with E-state index in [9.17, 15) is 14.7 Å². The predicted octanol–water partition coefficient (Wildman–Crippen LogP) is 1.74. The van der Waals surface area contributed by atoms with Crippen LogP contribution in [0.2, 0.25) is 0 Å². The fraction of sp³-hybridized carbons (Fsp3) is 0.900. The molecule has 2 heterocycles. The van der Waals surface area contributed by atoms with Crippen LogP contribution in [0.15, 0.2) is 0 Å². The fourth-order valence-corrected chi connectivity index (χ4v) is 7.06. The Kier molecular flexibility index (Phi) is 4.55. The molecule has 0 aromatic heterocycles. The van der Waals surface area contributed by atoms with E-state index in [1.165, 1.54) is 13.8 Å². The molecule has 6 nitrogen and oxygen atoms in total. The lowest BCUT2D eigenvalue weighted by Gasteiger charge is -2.69. The number of ether oxygens (including phenoxy) is 2. The molecule has 2 saturated carbocycles. The van der Waals surface area contributed by atoms with E-state index in [1.807, 2.05) is 0 Å². The molecule has 2 aliphatic heterocycles. The second-order valence-electron chi connectivity index (χ2n) is 8.91. The van der Waals surface area contributed by atoms with E-state index in [4.69, 9.17) is 9.47 Å². The summed E-state index contributed by atoms with van der Waals surface area (Å²) in [5, 5.41) is 11.0. The van der Waals surface area contributed by atoms with Crippen LogP contribution in [0.1, 0.15) is 52.9 Å². The molecule has 0 aromatic carbocycles. The normalized spacial score (nSPS) is 47.6. The minimum Gasteiger partial charge on any atom is -0.462 e. The van der Waals surface area contributed by atoms with Crippen molar-refractivity contribution in [3.05, 3.63) is 0 Å². The molecular weight excluding hydrogens is 334 g/mol. The Hall–Kier alpha value is -1.14. The first-order chi connectivity index (χ1) is 12.3. The Bertz CT molecular complexity index is 595. The first-order valence-electron chi connectivity index (χ1n) is 10.1. The molecule has 8 atom stereocenters. The number of piperidine rings is 2. The van der Waals surface area contributed by atoms with Gasteiger partial charge in [-0.3, -0.25) is 14.5 Å². The number of carbonyl (C=O) groups excluding carboxylic acids is 2. The largest absolute Gasteiger partial charge is 0.462 e. The fourth-order valence-electron chi connectivity index (χ4n) is 7.06. The van der Waals surface area contributed by atoms with Crippen LogP contribution in [0.25, 0.3) is 0 Å². The number of hydrogen-bond acceptors (Lipinski definition) is 6. The summed E-state index contributed by atoms with van der Waals surface area (Å²) in [5.74, 6) is 0.125. The smallest absolute Gasteiger partial charge is 0.302 e. The van der Waals surface area contributed by atoms with E-state index < -0.39 is 0 Å². The van der Waals surface area contributed by atoms with Crippen molar-refractivity contribution in [1.82, 2.24) is 4.90 Å². The second-order valence-corrected chi connectivity index (χ2v) is 8.91. The van der Waals surface area contributed by atoms with E-state index in [0.717, 1.165) is 38.8 Å². The van der Waals surface area contributed by atoms with Crippen LogP contribution >= 0.6 is 0 Å². The highest BCUT2D eigenvalue weighted by Gasteiger charge is 2.68. The molecule has 6 heteroatoms. The van der Waals surface area contributed by atoms with Gasteiger partial charge in [-0.15, -0.1) is 0 Å². The van der Waals surface area contributed by atoms with E-state index in [-0.39, 0.29) is 59.5 Å². The van der Waals surface area contributed by atoms with E-state index in [1.54, 1.807) is 0 Å². The van der Waals surface area contributed by atoms with Gasteiger partial charge in [-0.1, -0.05) is 6.92 Å². The Morgan fingerprint density at radius 1 is 1.12 bits per heavy atom. The van der Waals surface area contributed by atoms with Crippen molar-refractivity contribution in [2.75, 3.05) is 13.1 Å². The zero-order chi connectivity index (χ0) is 18.6. The van der Waals surface area contributed by atoms with Crippen molar-refractivity contribution in [2.45, 2.75) is 76.7 Å². The van der Waals surface area contributed by atoms with Crippen LogP contribution in [0.4, 0.5) is 0 Å². The molecular formula is C20H31NO5. The molecule has 2 aliphatic carbocycles. The summed E-state index contributed by atoms with van der Waals surface area (Å²) in [5.41, 5.74) is -0.130. The molecule has 26 heavy (non-hydrogen) atoms. The number of carbonyl (C=O) groups is 2. The van der Waals surface area contributed by atoms with E-state index in [0.29, 0.717) is 6.42 Å². The third kappa shape index (κ3) is 2.60. The summed E-state index contributed by atoms with van der Waals surface area (Å²) in [4.78, 5) is 26.1. The van der Waals surface area contributed by atoms with Crippen LogP contribution in [0.3, 0.4) is 0 Å². The molecule has 4 aliphatic rings. The van der Waals surface area contributed by atoms with Gasteiger partial charge in [0.05, 0.1) is 6.10 Å². The predicted molar refractivity (Wildman–Crippen MR) is 94.1 cm³/mol. The highest BCUT2D eigenvalue weighted by atomic mass is 16.6. The highest BCUT2D eigenvalue weighted by molar-refractivity contribution is 5.66. The number of hydrogen-bond donors (Lipinski definition) is 1. The first kappa shape index (κ1) is 18.2. The van der Waals surface area contributed by atoms with Crippen LogP contribution in [-0.4, -0.2) is 58.9 Å². The molecule has 4 rings (SSSR count). The van der Waals surface area contributed by atoms with Gasteiger partial charge in [0.15, 0.2) is 0 Å². The highest BCUT2D eigenvalue weighted by Crippen LogP contribution is 2.61. The molecule has 0 unspecified atom stereocenters. The molecule has 1 spiro atoms. The minimum atomic E-state index is -0.374. The summed E-state index contributed by atoms with van der Waals surface area (Å²) < 4.78 is 11.5. The third-order valence-electron chi connectivity index (χ3n) is 7.53. The molecule has 1 N–H and O–H groups in total. The van der Waals surface area contributed by atoms with Crippen molar-refractivity contribution in [3.63, 3.8) is 0 Å². The quantitative estimate of drug-likeness (QED) is 0.751. The molecule has 0 aromatic rings. The van der Waals surface area contributed by atoms with E-state index in [2.05, 4.69) is 11.8 Å². The zero-order valence-corrected chi connectivity index (χ0v) is 16.0. The van der Waals surface area contributed by atoms with Crippen molar-refractivity contribution in [3.8, 4) is 0 Å². The number of aliphatic hydroxyl groups is 1. The van der Waals surface area contributed by atoms with Gasteiger partial charge in [0.25, 0.3) is 0 Å². The average molecular weight is 365 g/mol. The molecule has 146 valence electrons. The first-order valence-corrected chi connectivity index (χ1v) is 10.1. The van der Waals surface area contributed by atoms with Gasteiger partial charge in [-0.05, 0) is 44.6 Å². The number of nitrogens with zero attached hydrogens (tertiary/aromatic N) is 1. The maximum absolute atomic E-state index is 11.8. The number of rotatable bonds is 2. The summed E-state index contributed by atoms with van der Waals surface area (Å²) in [7, 11) is 0. The van der Waals surface area contributed by atoms with Gasteiger partial charge in [0, 0.05) is 43.7 Å². The minimum absolute atomic E-state index is 0.0409. The van der Waals surface area contributed by atoms with Crippen molar-refractivity contribution >= 4 is 11.9 Å².